The smallest absolute Gasteiger partial charge is 0.143 e. The summed E-state index contributed by atoms with van der Waals surface area (Å²) in [6.45, 7) is 1.99. The van der Waals surface area contributed by atoms with Crippen LogP contribution in [0.4, 0.5) is 15.8 Å². The zero-order valence-electron chi connectivity index (χ0n) is 10.3. The molecule has 0 aromatic heterocycles. The zero-order valence-corrected chi connectivity index (χ0v) is 10.3. The van der Waals surface area contributed by atoms with Crippen molar-refractivity contribution >= 4 is 11.4 Å². The highest BCUT2D eigenvalue weighted by molar-refractivity contribution is 5.69. The van der Waals surface area contributed by atoms with Crippen molar-refractivity contribution in [3.05, 3.63) is 59.4 Å². The first-order chi connectivity index (χ1) is 8.63. The molecule has 0 N–H and O–H groups in total. The minimum Gasteiger partial charge on any atom is -0.343 e. The van der Waals surface area contributed by atoms with E-state index in [0.29, 0.717) is 5.69 Å². The van der Waals surface area contributed by atoms with E-state index in [1.165, 1.54) is 6.07 Å². The first-order valence-electron chi connectivity index (χ1n) is 5.62. The molecule has 0 saturated heterocycles. The molecule has 0 bridgehead atoms. The predicted molar refractivity (Wildman–Crippen MR) is 70.4 cm³/mol. The minimum atomic E-state index is -0.491. The van der Waals surface area contributed by atoms with E-state index in [1.54, 1.807) is 12.1 Å². The van der Waals surface area contributed by atoms with Crippen molar-refractivity contribution in [1.82, 2.24) is 0 Å². The van der Waals surface area contributed by atoms with Crippen molar-refractivity contribution in [2.24, 2.45) is 0 Å². The highest BCUT2D eigenvalue weighted by atomic mass is 19.1. The lowest BCUT2D eigenvalue weighted by Crippen LogP contribution is -2.11. The lowest BCUT2D eigenvalue weighted by molar-refractivity contribution is 0.624. The first-order valence-corrected chi connectivity index (χ1v) is 5.62. The van der Waals surface area contributed by atoms with Gasteiger partial charge in [0.05, 0.1) is 5.69 Å². The second-order valence-electron chi connectivity index (χ2n) is 4.14. The molecule has 0 aliphatic heterocycles. The fourth-order valence-corrected chi connectivity index (χ4v) is 1.88. The Balaban J connectivity index is 2.50. The van der Waals surface area contributed by atoms with Crippen LogP contribution in [0.5, 0.6) is 0 Å². The Labute approximate surface area is 106 Å². The Morgan fingerprint density at radius 3 is 2.56 bits per heavy atom. The molecule has 0 fully saturated rings. The molecule has 0 unspecified atom stereocenters. The van der Waals surface area contributed by atoms with Gasteiger partial charge in [0.25, 0.3) is 0 Å². The summed E-state index contributed by atoms with van der Waals surface area (Å²) in [5.74, 6) is -0.491. The Bertz CT molecular complexity index is 614. The molecule has 0 heterocycles. The molecule has 0 amide bonds. The van der Waals surface area contributed by atoms with Gasteiger partial charge >= 0.3 is 0 Å². The van der Waals surface area contributed by atoms with E-state index < -0.39 is 5.82 Å². The van der Waals surface area contributed by atoms with Gasteiger partial charge in [-0.3, -0.25) is 0 Å². The quantitative estimate of drug-likeness (QED) is 0.798. The van der Waals surface area contributed by atoms with Crippen LogP contribution in [-0.4, -0.2) is 7.05 Å². The molecule has 3 heteroatoms. The van der Waals surface area contributed by atoms with Crippen LogP contribution in [0.1, 0.15) is 11.1 Å². The monoisotopic (exact) mass is 240 g/mol. The highest BCUT2D eigenvalue weighted by Crippen LogP contribution is 2.28. The summed E-state index contributed by atoms with van der Waals surface area (Å²) in [5, 5.41) is 9.03. The van der Waals surface area contributed by atoms with Gasteiger partial charge < -0.3 is 4.90 Å². The van der Waals surface area contributed by atoms with E-state index in [4.69, 9.17) is 5.26 Å². The maximum absolute atomic E-state index is 13.6. The lowest BCUT2D eigenvalue weighted by Gasteiger charge is -2.21. The topological polar surface area (TPSA) is 27.0 Å². The Morgan fingerprint density at radius 1 is 1.17 bits per heavy atom. The second kappa shape index (κ2) is 4.89. The number of benzene rings is 2. The van der Waals surface area contributed by atoms with Gasteiger partial charge in [0.15, 0.2) is 0 Å². The van der Waals surface area contributed by atoms with Gasteiger partial charge in [0, 0.05) is 12.7 Å². The van der Waals surface area contributed by atoms with Gasteiger partial charge in [-0.15, -0.1) is 0 Å². The van der Waals surface area contributed by atoms with Crippen molar-refractivity contribution < 1.29 is 4.39 Å². The van der Waals surface area contributed by atoms with Gasteiger partial charge in [-0.05, 0) is 36.8 Å². The van der Waals surface area contributed by atoms with Crippen LogP contribution < -0.4 is 4.90 Å². The van der Waals surface area contributed by atoms with E-state index in [2.05, 4.69) is 0 Å². The molecule has 0 aliphatic rings. The van der Waals surface area contributed by atoms with E-state index in [-0.39, 0.29) is 5.56 Å². The number of halogens is 1. The van der Waals surface area contributed by atoms with Crippen LogP contribution in [0.2, 0.25) is 0 Å². The van der Waals surface area contributed by atoms with Gasteiger partial charge in [-0.2, -0.15) is 5.26 Å². The van der Waals surface area contributed by atoms with Crippen LogP contribution in [-0.2, 0) is 0 Å². The van der Waals surface area contributed by atoms with Crippen LogP contribution >= 0.6 is 0 Å². The van der Waals surface area contributed by atoms with Crippen molar-refractivity contribution in [2.75, 3.05) is 11.9 Å². The molecule has 2 nitrogen and oxygen atoms in total. The molecule has 2 rings (SSSR count). The standard InChI is InChI=1S/C15H13FN2/c1-11-5-3-6-12(9-11)18(2)15-8-4-7-14(16)13(15)10-17/h3-9H,1-2H3. The summed E-state index contributed by atoms with van der Waals surface area (Å²) in [7, 11) is 1.82. The summed E-state index contributed by atoms with van der Waals surface area (Å²) >= 11 is 0. The van der Waals surface area contributed by atoms with Gasteiger partial charge in [0.1, 0.15) is 17.4 Å². The van der Waals surface area contributed by atoms with E-state index in [1.807, 2.05) is 49.2 Å². The normalized spacial score (nSPS) is 9.89. The maximum atomic E-state index is 13.6. The molecule has 2 aromatic carbocycles. The number of nitriles is 1. The number of aryl methyl sites for hydroxylation is 1. The summed E-state index contributed by atoms with van der Waals surface area (Å²) in [6, 6.07) is 14.4. The fraction of sp³-hybridized carbons (Fsp3) is 0.133. The molecule has 0 aliphatic carbocycles. The van der Waals surface area contributed by atoms with Crippen molar-refractivity contribution in [2.45, 2.75) is 6.92 Å². The van der Waals surface area contributed by atoms with Gasteiger partial charge in [0.2, 0.25) is 0 Å². The van der Waals surface area contributed by atoms with E-state index in [9.17, 15) is 4.39 Å². The van der Waals surface area contributed by atoms with Gasteiger partial charge in [-0.25, -0.2) is 4.39 Å². The number of nitrogens with zero attached hydrogens (tertiary/aromatic N) is 2. The minimum absolute atomic E-state index is 0.0708. The Kier molecular flexibility index (Phi) is 3.29. The Morgan fingerprint density at radius 2 is 1.89 bits per heavy atom. The third-order valence-electron chi connectivity index (χ3n) is 2.85. The first kappa shape index (κ1) is 12.1. The van der Waals surface area contributed by atoms with Crippen molar-refractivity contribution in [1.29, 1.82) is 5.26 Å². The molecular formula is C15H13FN2. The molecule has 0 saturated carbocycles. The summed E-state index contributed by atoms with van der Waals surface area (Å²) < 4.78 is 13.6. The largest absolute Gasteiger partial charge is 0.343 e. The summed E-state index contributed by atoms with van der Waals surface area (Å²) in [5.41, 5.74) is 2.69. The Hall–Kier alpha value is -2.34. The van der Waals surface area contributed by atoms with Gasteiger partial charge in [-0.1, -0.05) is 18.2 Å². The lowest BCUT2D eigenvalue weighted by atomic mass is 10.1. The van der Waals surface area contributed by atoms with Crippen molar-refractivity contribution in [3.63, 3.8) is 0 Å². The van der Waals surface area contributed by atoms with E-state index in [0.717, 1.165) is 11.3 Å². The molecule has 90 valence electrons. The second-order valence-corrected chi connectivity index (χ2v) is 4.14. The predicted octanol–water partition coefficient (Wildman–Crippen LogP) is 3.77. The number of anilines is 2. The van der Waals surface area contributed by atoms with Crippen molar-refractivity contribution in [3.8, 4) is 6.07 Å². The number of hydrogen-bond donors (Lipinski definition) is 0. The van der Waals surface area contributed by atoms with Crippen LogP contribution in [0.25, 0.3) is 0 Å². The summed E-state index contributed by atoms with van der Waals surface area (Å²) in [6.07, 6.45) is 0. The van der Waals surface area contributed by atoms with E-state index >= 15 is 0 Å². The van der Waals surface area contributed by atoms with Crippen LogP contribution in [0, 0.1) is 24.1 Å². The molecule has 0 spiro atoms. The molecule has 0 radical (unpaired) electrons. The van der Waals surface area contributed by atoms with Crippen LogP contribution in [0.15, 0.2) is 42.5 Å². The molecule has 18 heavy (non-hydrogen) atoms. The molecular weight excluding hydrogens is 227 g/mol. The summed E-state index contributed by atoms with van der Waals surface area (Å²) in [4.78, 5) is 1.81. The highest BCUT2D eigenvalue weighted by Gasteiger charge is 2.12. The molecule has 0 atom stereocenters. The third kappa shape index (κ3) is 2.18. The number of rotatable bonds is 2. The SMILES string of the molecule is Cc1cccc(N(C)c2cccc(F)c2C#N)c1. The average molecular weight is 240 g/mol. The maximum Gasteiger partial charge on any atom is 0.143 e. The third-order valence-corrected chi connectivity index (χ3v) is 2.85. The molecule has 2 aromatic rings. The number of hydrogen-bond acceptors (Lipinski definition) is 2. The zero-order chi connectivity index (χ0) is 13.1. The fourth-order valence-electron chi connectivity index (χ4n) is 1.88. The van der Waals surface area contributed by atoms with Crippen LogP contribution in [0.3, 0.4) is 0 Å². The average Bonchev–Trinajstić information content (AvgIpc) is 2.37.